The second-order valence-corrected chi connectivity index (χ2v) is 12.5. The zero-order chi connectivity index (χ0) is 28.8. The van der Waals surface area contributed by atoms with E-state index in [0.29, 0.717) is 5.95 Å². The topological polar surface area (TPSA) is 30.7 Å². The van der Waals surface area contributed by atoms with Crippen molar-refractivity contribution in [3.05, 3.63) is 140 Å². The molecule has 7 aromatic carbocycles. The van der Waals surface area contributed by atoms with Crippen molar-refractivity contribution < 1.29 is 0 Å². The van der Waals surface area contributed by atoms with Crippen LogP contribution < -0.4 is 0 Å². The van der Waals surface area contributed by atoms with E-state index >= 15 is 0 Å². The molecule has 0 unspecified atom stereocenters. The Morgan fingerprint density at radius 3 is 2.11 bits per heavy atom. The molecule has 0 N–H and O–H groups in total. The first-order valence-corrected chi connectivity index (χ1v) is 15.7. The maximum absolute atomic E-state index is 5.35. The monoisotopic (exact) mass is 577 g/mol. The van der Waals surface area contributed by atoms with Gasteiger partial charge in [-0.1, -0.05) is 103 Å². The fraction of sp³-hybridized carbons (Fsp3) is 0. The summed E-state index contributed by atoms with van der Waals surface area (Å²) in [6.07, 6.45) is 0. The molecule has 0 aliphatic carbocycles. The first-order chi connectivity index (χ1) is 21.8. The van der Waals surface area contributed by atoms with Crippen LogP contribution in [-0.2, 0) is 0 Å². The van der Waals surface area contributed by atoms with Gasteiger partial charge >= 0.3 is 0 Å². The third-order valence-corrected chi connectivity index (χ3v) is 10.1. The maximum atomic E-state index is 5.35. The molecule has 44 heavy (non-hydrogen) atoms. The third kappa shape index (κ3) is 3.31. The standard InChI is InChI=1S/C40H23N3S/c1-2-11-25(12-3-1)38-30-20-18-24-10-4-5-13-27(24)39(30)42-40(41-38)43-33-16-8-6-14-28(33)32-23-31-26(22-34(32)43)19-21-36-37(31)29-15-7-9-17-35(29)44-36/h1-23H. The number of aromatic nitrogens is 3. The molecular weight excluding hydrogens is 555 g/mol. The van der Waals surface area contributed by atoms with Crippen molar-refractivity contribution in [1.29, 1.82) is 0 Å². The van der Waals surface area contributed by atoms with Gasteiger partial charge in [0.1, 0.15) is 0 Å². The van der Waals surface area contributed by atoms with Crippen molar-refractivity contribution in [3.63, 3.8) is 0 Å². The average Bonchev–Trinajstić information content (AvgIpc) is 3.63. The molecule has 0 spiro atoms. The minimum Gasteiger partial charge on any atom is -0.278 e. The lowest BCUT2D eigenvalue weighted by Crippen LogP contribution is -2.03. The molecule has 0 aliphatic heterocycles. The van der Waals surface area contributed by atoms with Crippen molar-refractivity contribution in [2.75, 3.05) is 0 Å². The average molecular weight is 578 g/mol. The smallest absolute Gasteiger partial charge is 0.235 e. The Morgan fingerprint density at radius 1 is 0.455 bits per heavy atom. The number of nitrogens with zero attached hydrogens (tertiary/aromatic N) is 3. The Labute approximate surface area is 256 Å². The summed E-state index contributed by atoms with van der Waals surface area (Å²) in [5, 5.41) is 10.9. The molecule has 0 aliphatic rings. The Hall–Kier alpha value is -5.58. The first kappa shape index (κ1) is 23.9. The van der Waals surface area contributed by atoms with Crippen LogP contribution in [0.5, 0.6) is 0 Å². The number of hydrogen-bond acceptors (Lipinski definition) is 3. The molecule has 4 heteroatoms. The number of benzene rings is 7. The number of thiophene rings is 1. The van der Waals surface area contributed by atoms with Crippen molar-refractivity contribution in [2.24, 2.45) is 0 Å². The van der Waals surface area contributed by atoms with Crippen LogP contribution >= 0.6 is 11.3 Å². The molecule has 0 amide bonds. The summed E-state index contributed by atoms with van der Waals surface area (Å²) < 4.78 is 4.90. The van der Waals surface area contributed by atoms with Gasteiger partial charge in [0.25, 0.3) is 0 Å². The predicted molar refractivity (Wildman–Crippen MR) is 187 cm³/mol. The summed E-state index contributed by atoms with van der Waals surface area (Å²) in [5.74, 6) is 0.681. The Balaban J connectivity index is 1.36. The number of hydrogen-bond donors (Lipinski definition) is 0. The van der Waals surface area contributed by atoms with Gasteiger partial charge < -0.3 is 0 Å². The first-order valence-electron chi connectivity index (χ1n) is 14.8. The number of rotatable bonds is 2. The third-order valence-electron chi connectivity index (χ3n) is 8.98. The van der Waals surface area contributed by atoms with E-state index in [1.807, 2.05) is 11.3 Å². The summed E-state index contributed by atoms with van der Waals surface area (Å²) in [5.41, 5.74) is 5.19. The van der Waals surface area contributed by atoms with Crippen LogP contribution in [0.2, 0.25) is 0 Å². The van der Waals surface area contributed by atoms with E-state index in [-0.39, 0.29) is 0 Å². The second kappa shape index (κ2) is 8.96. The molecule has 0 fully saturated rings. The van der Waals surface area contributed by atoms with Crippen LogP contribution in [0.3, 0.4) is 0 Å². The summed E-state index contributed by atoms with van der Waals surface area (Å²) in [7, 11) is 0. The van der Waals surface area contributed by atoms with Crippen LogP contribution in [0.25, 0.3) is 91.6 Å². The molecule has 10 aromatic rings. The van der Waals surface area contributed by atoms with Crippen LogP contribution in [0.1, 0.15) is 0 Å². The fourth-order valence-corrected chi connectivity index (χ4v) is 8.12. The highest BCUT2D eigenvalue weighted by Crippen LogP contribution is 2.42. The van der Waals surface area contributed by atoms with Gasteiger partial charge in [0.05, 0.1) is 22.2 Å². The van der Waals surface area contributed by atoms with Crippen molar-refractivity contribution in [1.82, 2.24) is 14.5 Å². The van der Waals surface area contributed by atoms with Gasteiger partial charge in [-0.15, -0.1) is 11.3 Å². The van der Waals surface area contributed by atoms with Gasteiger partial charge in [-0.3, -0.25) is 4.57 Å². The highest BCUT2D eigenvalue weighted by Gasteiger charge is 2.19. The quantitative estimate of drug-likeness (QED) is 0.191. The van der Waals surface area contributed by atoms with E-state index in [2.05, 4.69) is 144 Å². The minimum atomic E-state index is 0.681. The molecule has 10 rings (SSSR count). The van der Waals surface area contributed by atoms with Crippen LogP contribution in [-0.4, -0.2) is 14.5 Å². The van der Waals surface area contributed by atoms with Gasteiger partial charge in [0.2, 0.25) is 5.95 Å². The number of para-hydroxylation sites is 1. The highest BCUT2D eigenvalue weighted by atomic mass is 32.1. The van der Waals surface area contributed by atoms with E-state index in [9.17, 15) is 0 Å². The normalized spacial score (nSPS) is 12.1. The molecule has 204 valence electrons. The van der Waals surface area contributed by atoms with Crippen molar-refractivity contribution in [2.45, 2.75) is 0 Å². The lowest BCUT2D eigenvalue weighted by molar-refractivity contribution is 1.02. The summed E-state index contributed by atoms with van der Waals surface area (Å²) in [6.45, 7) is 0. The summed E-state index contributed by atoms with van der Waals surface area (Å²) in [4.78, 5) is 10.7. The largest absolute Gasteiger partial charge is 0.278 e. The predicted octanol–water partition coefficient (Wildman–Crippen LogP) is 11.1. The molecule has 0 saturated carbocycles. The highest BCUT2D eigenvalue weighted by molar-refractivity contribution is 7.26. The van der Waals surface area contributed by atoms with Gasteiger partial charge in [0, 0.05) is 47.3 Å². The molecular formula is C40H23N3S. The van der Waals surface area contributed by atoms with Gasteiger partial charge in [-0.05, 0) is 52.6 Å². The lowest BCUT2D eigenvalue weighted by Gasteiger charge is -2.13. The minimum absolute atomic E-state index is 0.681. The van der Waals surface area contributed by atoms with E-state index in [4.69, 9.17) is 9.97 Å². The van der Waals surface area contributed by atoms with E-state index in [1.165, 1.54) is 47.1 Å². The zero-order valence-corrected chi connectivity index (χ0v) is 24.3. The second-order valence-electron chi connectivity index (χ2n) is 11.4. The van der Waals surface area contributed by atoms with E-state index < -0.39 is 0 Å². The van der Waals surface area contributed by atoms with Crippen molar-refractivity contribution in [3.8, 4) is 17.2 Å². The Kier molecular flexibility index (Phi) is 4.87. The van der Waals surface area contributed by atoms with E-state index in [0.717, 1.165) is 38.6 Å². The molecule has 0 radical (unpaired) electrons. The molecule has 0 saturated heterocycles. The molecule has 3 aromatic heterocycles. The van der Waals surface area contributed by atoms with Crippen LogP contribution in [0.4, 0.5) is 0 Å². The lowest BCUT2D eigenvalue weighted by atomic mass is 10.0. The molecule has 3 heterocycles. The fourth-order valence-electron chi connectivity index (χ4n) is 6.99. The van der Waals surface area contributed by atoms with E-state index in [1.54, 1.807) is 0 Å². The Bertz CT molecular complexity index is 2770. The Morgan fingerprint density at radius 2 is 1.20 bits per heavy atom. The molecule has 0 bridgehead atoms. The van der Waals surface area contributed by atoms with Gasteiger partial charge in [0.15, 0.2) is 0 Å². The number of fused-ring (bicyclic) bond motifs is 11. The van der Waals surface area contributed by atoms with Gasteiger partial charge in [-0.2, -0.15) is 0 Å². The SMILES string of the molecule is c1ccc(-c2nc(-n3c4ccccc4c4cc5c(ccc6sc7ccccc7c65)cc43)nc3c2ccc2ccccc23)cc1. The summed E-state index contributed by atoms with van der Waals surface area (Å²) >= 11 is 1.86. The van der Waals surface area contributed by atoms with Crippen LogP contribution in [0, 0.1) is 0 Å². The maximum Gasteiger partial charge on any atom is 0.235 e. The summed E-state index contributed by atoms with van der Waals surface area (Å²) in [6, 6.07) is 49.9. The zero-order valence-electron chi connectivity index (χ0n) is 23.5. The van der Waals surface area contributed by atoms with Crippen molar-refractivity contribution >= 4 is 85.8 Å². The van der Waals surface area contributed by atoms with Crippen LogP contribution in [0.15, 0.2) is 140 Å². The molecule has 3 nitrogen and oxygen atoms in total. The molecule has 0 atom stereocenters. The van der Waals surface area contributed by atoms with Gasteiger partial charge in [-0.25, -0.2) is 9.97 Å².